The third kappa shape index (κ3) is 3.85. The fraction of sp³-hybridized carbons (Fsp3) is 0.310. The van der Waals surface area contributed by atoms with Gasteiger partial charge in [0.1, 0.15) is 6.61 Å². The van der Waals surface area contributed by atoms with Crippen molar-refractivity contribution < 1.29 is 19.4 Å². The number of carboxylic acids is 1. The molecule has 0 atom stereocenters. The highest BCUT2D eigenvalue weighted by molar-refractivity contribution is 5.96. The van der Waals surface area contributed by atoms with Gasteiger partial charge in [0.05, 0.1) is 5.56 Å². The number of anilines is 2. The summed E-state index contributed by atoms with van der Waals surface area (Å²) in [5.74, 6) is -0.951. The number of aromatic carboxylic acids is 1. The van der Waals surface area contributed by atoms with E-state index >= 15 is 0 Å². The smallest absolute Gasteiger partial charge is 0.409 e. The molecule has 7 nitrogen and oxygen atoms in total. The van der Waals surface area contributed by atoms with Crippen molar-refractivity contribution in [2.24, 2.45) is 0 Å². The lowest BCUT2D eigenvalue weighted by Crippen LogP contribution is -2.49. The Morgan fingerprint density at radius 1 is 0.889 bits per heavy atom. The monoisotopic (exact) mass is 485 g/mol. The fourth-order valence-electron chi connectivity index (χ4n) is 5.82. The average molecular weight is 486 g/mol. The van der Waals surface area contributed by atoms with Crippen molar-refractivity contribution in [1.82, 2.24) is 4.90 Å². The van der Waals surface area contributed by atoms with E-state index in [2.05, 4.69) is 29.2 Å². The van der Waals surface area contributed by atoms with Crippen LogP contribution in [0.2, 0.25) is 0 Å². The summed E-state index contributed by atoms with van der Waals surface area (Å²) in [6.07, 6.45) is -0.320. The van der Waals surface area contributed by atoms with Crippen LogP contribution in [-0.2, 0) is 4.74 Å². The number of carboxylic acid groups (broad SMARTS) is 1. The molecule has 2 aliphatic rings. The molecule has 0 bridgehead atoms. The zero-order chi connectivity index (χ0) is 25.6. The van der Waals surface area contributed by atoms with Gasteiger partial charge < -0.3 is 25.4 Å². The number of rotatable bonds is 4. The van der Waals surface area contributed by atoms with Crippen LogP contribution < -0.4 is 10.6 Å². The molecule has 3 aromatic carbocycles. The highest BCUT2D eigenvalue weighted by atomic mass is 16.6. The molecule has 0 spiro atoms. The van der Waals surface area contributed by atoms with Crippen LogP contribution in [0.5, 0.6) is 0 Å². The van der Waals surface area contributed by atoms with Crippen LogP contribution in [0.1, 0.15) is 44.1 Å². The molecule has 0 saturated carbocycles. The van der Waals surface area contributed by atoms with Crippen LogP contribution in [0.3, 0.4) is 0 Å². The number of ether oxygens (including phenoxy) is 1. The Labute approximate surface area is 211 Å². The summed E-state index contributed by atoms with van der Waals surface area (Å²) in [7, 11) is 0. The maximum Gasteiger partial charge on any atom is 0.409 e. The molecule has 5 rings (SSSR count). The predicted octanol–water partition coefficient (Wildman–Crippen LogP) is 4.96. The molecule has 0 radical (unpaired) electrons. The van der Waals surface area contributed by atoms with E-state index in [1.165, 1.54) is 22.3 Å². The van der Waals surface area contributed by atoms with Gasteiger partial charge >= 0.3 is 12.1 Å². The molecule has 0 aromatic heterocycles. The second kappa shape index (κ2) is 9.22. The van der Waals surface area contributed by atoms with Crippen molar-refractivity contribution in [3.63, 3.8) is 0 Å². The molecule has 3 aromatic rings. The molecule has 1 aliphatic carbocycles. The third-order valence-electron chi connectivity index (χ3n) is 7.67. The minimum Gasteiger partial charge on any atom is -0.478 e. The Morgan fingerprint density at radius 3 is 2.00 bits per heavy atom. The zero-order valence-corrected chi connectivity index (χ0v) is 20.9. The highest BCUT2D eigenvalue weighted by Crippen LogP contribution is 2.44. The Morgan fingerprint density at radius 2 is 1.44 bits per heavy atom. The molecule has 3 N–H and O–H groups in total. The van der Waals surface area contributed by atoms with Crippen LogP contribution in [0.4, 0.5) is 16.2 Å². The minimum atomic E-state index is -0.977. The second-order valence-electron chi connectivity index (χ2n) is 9.60. The number of amides is 1. The zero-order valence-electron chi connectivity index (χ0n) is 20.9. The van der Waals surface area contributed by atoms with Gasteiger partial charge in [0.25, 0.3) is 0 Å². The first kappa shape index (κ1) is 23.7. The summed E-state index contributed by atoms with van der Waals surface area (Å²) in [5.41, 5.74) is 14.8. The highest BCUT2D eigenvalue weighted by Gasteiger charge is 2.31. The van der Waals surface area contributed by atoms with Gasteiger partial charge in [-0.1, -0.05) is 48.5 Å². The number of carbonyl (C=O) groups excluding carboxylic acids is 1. The first-order chi connectivity index (χ1) is 17.3. The van der Waals surface area contributed by atoms with Crippen LogP contribution in [0, 0.1) is 20.8 Å². The molecule has 36 heavy (non-hydrogen) atoms. The van der Waals surface area contributed by atoms with E-state index in [1.807, 2.05) is 38.1 Å². The van der Waals surface area contributed by atoms with Gasteiger partial charge in [0.2, 0.25) is 0 Å². The summed E-state index contributed by atoms with van der Waals surface area (Å²) in [4.78, 5) is 28.7. The van der Waals surface area contributed by atoms with Crippen molar-refractivity contribution in [2.75, 3.05) is 43.4 Å². The topological polar surface area (TPSA) is 96.1 Å². The van der Waals surface area contributed by atoms with E-state index in [9.17, 15) is 14.7 Å². The Kier molecular flexibility index (Phi) is 6.08. The van der Waals surface area contributed by atoms with Gasteiger partial charge in [0.15, 0.2) is 0 Å². The van der Waals surface area contributed by atoms with Gasteiger partial charge in [-0.25, -0.2) is 9.59 Å². The van der Waals surface area contributed by atoms with Crippen molar-refractivity contribution in [2.45, 2.75) is 26.7 Å². The number of nitrogen functional groups attached to an aromatic ring is 1. The van der Waals surface area contributed by atoms with Gasteiger partial charge in [-0.15, -0.1) is 0 Å². The Bertz CT molecular complexity index is 1310. The normalized spacial score (nSPS) is 15.0. The lowest BCUT2D eigenvalue weighted by Gasteiger charge is -2.38. The molecule has 7 heteroatoms. The quantitative estimate of drug-likeness (QED) is 0.507. The molecule has 0 unspecified atom stereocenters. The van der Waals surface area contributed by atoms with E-state index in [4.69, 9.17) is 10.5 Å². The van der Waals surface area contributed by atoms with Crippen molar-refractivity contribution >= 4 is 23.4 Å². The predicted molar refractivity (Wildman–Crippen MR) is 141 cm³/mol. The van der Waals surface area contributed by atoms with Gasteiger partial charge in [-0.2, -0.15) is 0 Å². The average Bonchev–Trinajstić information content (AvgIpc) is 3.20. The number of carbonyl (C=O) groups is 2. The number of fused-ring (bicyclic) bond motifs is 3. The first-order valence-electron chi connectivity index (χ1n) is 12.3. The molecule has 1 saturated heterocycles. The van der Waals surface area contributed by atoms with E-state index in [-0.39, 0.29) is 17.6 Å². The van der Waals surface area contributed by atoms with Crippen LogP contribution in [0.25, 0.3) is 11.1 Å². The Hall–Kier alpha value is -4.00. The van der Waals surface area contributed by atoms with E-state index in [1.54, 1.807) is 11.8 Å². The lowest BCUT2D eigenvalue weighted by molar-refractivity contribution is 0.0695. The number of benzene rings is 3. The summed E-state index contributed by atoms with van der Waals surface area (Å²) in [6, 6.07) is 16.6. The second-order valence-corrected chi connectivity index (χ2v) is 9.60. The van der Waals surface area contributed by atoms with Crippen LogP contribution >= 0.6 is 0 Å². The summed E-state index contributed by atoms with van der Waals surface area (Å²) in [6.45, 7) is 7.93. The number of hydrogen-bond acceptors (Lipinski definition) is 5. The number of nitrogens with two attached hydrogens (primary N) is 1. The van der Waals surface area contributed by atoms with Crippen LogP contribution in [-0.4, -0.2) is 54.9 Å². The number of nitrogens with zero attached hydrogens (tertiary/aromatic N) is 2. The van der Waals surface area contributed by atoms with Crippen LogP contribution in [0.15, 0.2) is 48.5 Å². The van der Waals surface area contributed by atoms with E-state index < -0.39 is 5.97 Å². The molecule has 1 amide bonds. The largest absolute Gasteiger partial charge is 0.478 e. The first-order valence-corrected chi connectivity index (χ1v) is 12.3. The molecular weight excluding hydrogens is 454 g/mol. The third-order valence-corrected chi connectivity index (χ3v) is 7.67. The summed E-state index contributed by atoms with van der Waals surface area (Å²) in [5, 5.41) is 9.73. The molecule has 186 valence electrons. The standard InChI is InChI=1S/C29H31N3O4/c1-17-25(28(33)34)18(2)27(19(3)26(17)30)31-12-14-32(15-13-31)29(35)36-16-24-22-10-6-4-8-20(22)21-9-5-7-11-23(21)24/h4-11,24H,12-16,30H2,1-3H3,(H,33,34). The Balaban J connectivity index is 1.27. The molecule has 1 heterocycles. The van der Waals surface area contributed by atoms with Crippen molar-refractivity contribution in [3.05, 3.63) is 81.9 Å². The minimum absolute atomic E-state index is 0.0258. The maximum atomic E-state index is 13.0. The molecule has 1 fully saturated rings. The van der Waals surface area contributed by atoms with Gasteiger partial charge in [-0.05, 0) is 59.7 Å². The fourth-order valence-corrected chi connectivity index (χ4v) is 5.82. The molecule has 1 aliphatic heterocycles. The summed E-state index contributed by atoms with van der Waals surface area (Å²) >= 11 is 0. The van der Waals surface area contributed by atoms with Gasteiger partial charge in [-0.3, -0.25) is 0 Å². The number of piperazine rings is 1. The van der Waals surface area contributed by atoms with Crippen molar-refractivity contribution in [1.29, 1.82) is 0 Å². The SMILES string of the molecule is Cc1c(N)c(C)c(N2CCN(C(=O)OCC3c4ccccc4-c4ccccc43)CC2)c(C)c1C(=O)O. The van der Waals surface area contributed by atoms with E-state index in [0.717, 1.165) is 11.3 Å². The maximum absolute atomic E-state index is 13.0. The van der Waals surface area contributed by atoms with Crippen molar-refractivity contribution in [3.8, 4) is 11.1 Å². The number of hydrogen-bond donors (Lipinski definition) is 2. The summed E-state index contributed by atoms with van der Waals surface area (Å²) < 4.78 is 5.82. The van der Waals surface area contributed by atoms with E-state index in [0.29, 0.717) is 49.6 Å². The molecular formula is C29H31N3O4. The van der Waals surface area contributed by atoms with Gasteiger partial charge in [0, 0.05) is 43.5 Å². The lowest BCUT2D eigenvalue weighted by atomic mass is 9.94.